The molecule has 0 bridgehead atoms. The van der Waals surface area contributed by atoms with Crippen molar-refractivity contribution >= 4 is 38.6 Å². The summed E-state index contributed by atoms with van der Waals surface area (Å²) in [4.78, 5) is 17.4. The fourth-order valence-corrected chi connectivity index (χ4v) is 7.43. The molecule has 10 rings (SSSR count). The lowest BCUT2D eigenvalue weighted by atomic mass is 9.88. The molecule has 0 spiro atoms. The second-order valence-corrected chi connectivity index (χ2v) is 12.9. The van der Waals surface area contributed by atoms with Gasteiger partial charge in [0.1, 0.15) is 0 Å². The van der Waals surface area contributed by atoms with E-state index in [2.05, 4.69) is 157 Å². The van der Waals surface area contributed by atoms with E-state index >= 15 is 0 Å². The summed E-state index contributed by atoms with van der Waals surface area (Å²) < 4.78 is 0. The number of para-hydroxylation sites is 2. The highest BCUT2D eigenvalue weighted by Gasteiger charge is 2.25. The summed E-state index contributed by atoms with van der Waals surface area (Å²) in [5.41, 5.74) is 11.0. The van der Waals surface area contributed by atoms with Crippen molar-refractivity contribution < 1.29 is 0 Å². The van der Waals surface area contributed by atoms with Gasteiger partial charge in [-0.05, 0) is 75.1 Å². The molecule has 0 N–H and O–H groups in total. The maximum absolute atomic E-state index is 5.06. The minimum Gasteiger partial charge on any atom is -0.309 e. The van der Waals surface area contributed by atoms with Crippen LogP contribution in [0.1, 0.15) is 0 Å². The largest absolute Gasteiger partial charge is 0.309 e. The quantitative estimate of drug-likeness (QED) is 0.190. The monoisotopic (exact) mass is 650 g/mol. The lowest BCUT2D eigenvalue weighted by Crippen LogP contribution is -2.13. The fraction of sp³-hybridized carbons (Fsp3) is 0. The topological polar surface area (TPSA) is 41.9 Å². The molecule has 8 aromatic carbocycles. The van der Waals surface area contributed by atoms with Crippen molar-refractivity contribution in [3.8, 4) is 56.4 Å². The summed E-state index contributed by atoms with van der Waals surface area (Å²) in [6, 6.07) is 64.2. The van der Waals surface area contributed by atoms with Crippen LogP contribution in [-0.2, 0) is 0 Å². The van der Waals surface area contributed by atoms with Crippen LogP contribution < -0.4 is 4.90 Å². The van der Waals surface area contributed by atoms with Gasteiger partial charge in [-0.25, -0.2) is 15.0 Å². The van der Waals surface area contributed by atoms with E-state index in [-0.39, 0.29) is 0 Å². The average Bonchev–Trinajstić information content (AvgIpc) is 3.21. The molecule has 0 unspecified atom stereocenters. The molecule has 0 radical (unpaired) electrons. The van der Waals surface area contributed by atoms with E-state index in [1.807, 2.05) is 30.3 Å². The molecule has 4 heteroatoms. The highest BCUT2D eigenvalue weighted by Crippen LogP contribution is 2.50. The van der Waals surface area contributed by atoms with Crippen LogP contribution in [0.25, 0.3) is 78.0 Å². The van der Waals surface area contributed by atoms with Gasteiger partial charge < -0.3 is 4.90 Å². The molecular weight excluding hydrogens is 621 g/mol. The van der Waals surface area contributed by atoms with Crippen molar-refractivity contribution in [1.82, 2.24) is 15.0 Å². The number of aromatic nitrogens is 3. The number of rotatable bonds is 4. The van der Waals surface area contributed by atoms with Gasteiger partial charge in [-0.3, -0.25) is 0 Å². The zero-order valence-corrected chi connectivity index (χ0v) is 27.6. The zero-order chi connectivity index (χ0) is 33.7. The Labute approximate surface area is 296 Å². The van der Waals surface area contributed by atoms with Gasteiger partial charge >= 0.3 is 0 Å². The highest BCUT2D eigenvalue weighted by molar-refractivity contribution is 6.12. The molecule has 4 nitrogen and oxygen atoms in total. The van der Waals surface area contributed by atoms with Crippen molar-refractivity contribution in [2.45, 2.75) is 0 Å². The van der Waals surface area contributed by atoms with E-state index in [0.29, 0.717) is 17.5 Å². The van der Waals surface area contributed by atoms with Gasteiger partial charge in [-0.2, -0.15) is 0 Å². The van der Waals surface area contributed by atoms with Crippen LogP contribution in [0.3, 0.4) is 0 Å². The Kier molecular flexibility index (Phi) is 6.78. The lowest BCUT2D eigenvalue weighted by molar-refractivity contribution is 1.07. The molecule has 0 aliphatic carbocycles. The number of benzene rings is 8. The number of hydrogen-bond donors (Lipinski definition) is 0. The van der Waals surface area contributed by atoms with E-state index in [4.69, 9.17) is 15.0 Å². The molecule has 1 aliphatic heterocycles. The molecular formula is C47H30N4. The third kappa shape index (κ3) is 4.96. The Balaban J connectivity index is 1.13. The van der Waals surface area contributed by atoms with Crippen molar-refractivity contribution in [2.24, 2.45) is 0 Å². The van der Waals surface area contributed by atoms with Crippen molar-refractivity contribution in [3.63, 3.8) is 0 Å². The predicted octanol–water partition coefficient (Wildman–Crippen LogP) is 12.3. The Bertz CT molecular complexity index is 2670. The van der Waals surface area contributed by atoms with Crippen LogP contribution in [-0.4, -0.2) is 15.0 Å². The number of nitrogens with zero attached hydrogens (tertiary/aromatic N) is 4. The van der Waals surface area contributed by atoms with E-state index in [1.54, 1.807) is 0 Å². The summed E-state index contributed by atoms with van der Waals surface area (Å²) in [7, 11) is 0. The van der Waals surface area contributed by atoms with E-state index < -0.39 is 0 Å². The minimum absolute atomic E-state index is 0.632. The summed E-state index contributed by atoms with van der Waals surface area (Å²) in [5, 5.41) is 4.85. The van der Waals surface area contributed by atoms with Gasteiger partial charge in [-0.15, -0.1) is 0 Å². The van der Waals surface area contributed by atoms with E-state index in [0.717, 1.165) is 39.1 Å². The summed E-state index contributed by atoms with van der Waals surface area (Å²) in [6.45, 7) is 0. The van der Waals surface area contributed by atoms with Crippen LogP contribution in [0.5, 0.6) is 0 Å². The first kappa shape index (κ1) is 29.0. The number of anilines is 3. The fourth-order valence-electron chi connectivity index (χ4n) is 7.43. The van der Waals surface area contributed by atoms with Crippen LogP contribution in [0.4, 0.5) is 17.1 Å². The molecule has 1 aromatic heterocycles. The Morgan fingerprint density at radius 3 is 1.43 bits per heavy atom. The summed E-state index contributed by atoms with van der Waals surface area (Å²) in [5.74, 6) is 1.92. The third-order valence-electron chi connectivity index (χ3n) is 9.83. The van der Waals surface area contributed by atoms with Crippen LogP contribution in [0, 0.1) is 0 Å². The molecule has 0 fully saturated rings. The second-order valence-electron chi connectivity index (χ2n) is 12.9. The van der Waals surface area contributed by atoms with Gasteiger partial charge in [0.05, 0.1) is 11.4 Å². The SMILES string of the molecule is c1ccc(-c2nc(-c3ccc(N4c5ccccc5-c5cccc6cccc(c56)-c5ccccc54)cc3)nc(-c3ccc4ccccc4c3)n2)cc1. The predicted molar refractivity (Wildman–Crippen MR) is 210 cm³/mol. The lowest BCUT2D eigenvalue weighted by Gasteiger charge is -2.32. The van der Waals surface area contributed by atoms with Crippen molar-refractivity contribution in [1.29, 1.82) is 0 Å². The maximum Gasteiger partial charge on any atom is 0.164 e. The normalized spacial score (nSPS) is 11.9. The maximum atomic E-state index is 5.06. The Hall–Kier alpha value is -6.91. The second kappa shape index (κ2) is 11.9. The number of hydrogen-bond acceptors (Lipinski definition) is 4. The Morgan fingerprint density at radius 2 is 0.784 bits per heavy atom. The zero-order valence-electron chi connectivity index (χ0n) is 27.6. The Morgan fingerprint density at radius 1 is 0.314 bits per heavy atom. The van der Waals surface area contributed by atoms with Gasteiger partial charge in [0.15, 0.2) is 17.5 Å². The minimum atomic E-state index is 0.632. The van der Waals surface area contributed by atoms with Crippen LogP contribution in [0.15, 0.2) is 182 Å². The molecule has 2 heterocycles. The molecule has 0 saturated carbocycles. The van der Waals surface area contributed by atoms with Gasteiger partial charge in [0, 0.05) is 33.5 Å². The van der Waals surface area contributed by atoms with Gasteiger partial charge in [-0.1, -0.05) is 140 Å². The first-order valence-electron chi connectivity index (χ1n) is 17.2. The molecule has 1 aliphatic rings. The first-order valence-corrected chi connectivity index (χ1v) is 17.2. The number of fused-ring (bicyclic) bond motifs is 5. The van der Waals surface area contributed by atoms with Crippen LogP contribution in [0.2, 0.25) is 0 Å². The smallest absolute Gasteiger partial charge is 0.164 e. The van der Waals surface area contributed by atoms with E-state index in [1.165, 1.54) is 38.4 Å². The molecule has 0 amide bonds. The van der Waals surface area contributed by atoms with Gasteiger partial charge in [0.2, 0.25) is 0 Å². The van der Waals surface area contributed by atoms with Gasteiger partial charge in [0.25, 0.3) is 0 Å². The molecule has 238 valence electrons. The molecule has 9 aromatic rings. The standard InChI is InChI=1S/C47H30N4/c1-2-13-33(14-3-1)45-48-46(50-47(49-45)36-25-24-31-12-4-5-15-35(31)30-36)34-26-28-37(29-27-34)51-42-22-8-6-18-38(42)40-20-10-16-32-17-11-21-41(44(32)40)39-19-7-9-23-43(39)51/h1-30H. The van der Waals surface area contributed by atoms with Crippen LogP contribution >= 0.6 is 0 Å². The van der Waals surface area contributed by atoms with Crippen molar-refractivity contribution in [3.05, 3.63) is 182 Å². The van der Waals surface area contributed by atoms with Crippen molar-refractivity contribution in [2.75, 3.05) is 4.90 Å². The molecule has 51 heavy (non-hydrogen) atoms. The summed E-state index contributed by atoms with van der Waals surface area (Å²) in [6.07, 6.45) is 0. The molecule has 0 saturated heterocycles. The molecule has 0 atom stereocenters. The average molecular weight is 651 g/mol. The first-order chi connectivity index (χ1) is 25.3. The van der Waals surface area contributed by atoms with E-state index in [9.17, 15) is 0 Å². The highest BCUT2D eigenvalue weighted by atomic mass is 15.1. The summed E-state index contributed by atoms with van der Waals surface area (Å²) >= 11 is 0. The third-order valence-corrected chi connectivity index (χ3v) is 9.83.